The van der Waals surface area contributed by atoms with Crippen molar-refractivity contribution in [2.45, 2.75) is 18.4 Å². The molecule has 4 nitrogen and oxygen atoms in total. The maximum absolute atomic E-state index is 12.5. The topological polar surface area (TPSA) is 72.2 Å². The number of halogens is 2. The molecule has 3 N–H and O–H groups in total. The minimum absolute atomic E-state index is 0.206. The Hall–Kier alpha value is -1.08. The summed E-state index contributed by atoms with van der Waals surface area (Å²) >= 11 is 9.20. The maximum atomic E-state index is 12.5. The van der Waals surface area contributed by atoms with E-state index < -0.39 is 10.0 Å². The van der Waals surface area contributed by atoms with E-state index in [-0.39, 0.29) is 11.4 Å². The molecular weight excluding hydrogens is 376 g/mol. The van der Waals surface area contributed by atoms with Crippen LogP contribution in [0.5, 0.6) is 0 Å². The Bertz CT molecular complexity index is 779. The molecule has 0 bridgehead atoms. The van der Waals surface area contributed by atoms with Crippen molar-refractivity contribution in [2.24, 2.45) is 5.73 Å². The lowest BCUT2D eigenvalue weighted by atomic mass is 10.1. The van der Waals surface area contributed by atoms with Gasteiger partial charge in [-0.25, -0.2) is 8.42 Å². The lowest BCUT2D eigenvalue weighted by Crippen LogP contribution is -2.15. The fraction of sp³-hybridized carbons (Fsp3) is 0.143. The second kappa shape index (κ2) is 6.36. The van der Waals surface area contributed by atoms with Crippen LogP contribution < -0.4 is 10.5 Å². The molecule has 0 fully saturated rings. The van der Waals surface area contributed by atoms with E-state index in [0.717, 1.165) is 5.56 Å². The Balaban J connectivity index is 2.45. The fourth-order valence-corrected chi connectivity index (χ4v) is 3.85. The van der Waals surface area contributed by atoms with Crippen molar-refractivity contribution in [1.82, 2.24) is 0 Å². The van der Waals surface area contributed by atoms with Crippen LogP contribution >= 0.6 is 27.5 Å². The van der Waals surface area contributed by atoms with E-state index >= 15 is 0 Å². The van der Waals surface area contributed by atoms with Crippen molar-refractivity contribution in [3.8, 4) is 0 Å². The Labute approximate surface area is 137 Å². The highest BCUT2D eigenvalue weighted by Crippen LogP contribution is 2.29. The third-order valence-electron chi connectivity index (χ3n) is 2.95. The number of aryl methyl sites for hydroxylation is 1. The van der Waals surface area contributed by atoms with Crippen LogP contribution in [0.25, 0.3) is 0 Å². The first-order valence-corrected chi connectivity index (χ1v) is 8.76. The molecule has 0 aliphatic carbocycles. The average molecular weight is 390 g/mol. The van der Waals surface area contributed by atoms with Gasteiger partial charge in [0.25, 0.3) is 10.0 Å². The van der Waals surface area contributed by atoms with E-state index in [1.807, 2.05) is 6.07 Å². The van der Waals surface area contributed by atoms with Crippen molar-refractivity contribution >= 4 is 43.2 Å². The quantitative estimate of drug-likeness (QED) is 0.838. The molecule has 2 aromatic rings. The fourth-order valence-electron chi connectivity index (χ4n) is 1.84. The van der Waals surface area contributed by atoms with Crippen LogP contribution in [0.3, 0.4) is 0 Å². The highest BCUT2D eigenvalue weighted by molar-refractivity contribution is 9.10. The Morgan fingerprint density at radius 2 is 1.95 bits per heavy atom. The van der Waals surface area contributed by atoms with Crippen LogP contribution in [0.2, 0.25) is 5.02 Å². The summed E-state index contributed by atoms with van der Waals surface area (Å²) in [6, 6.07) is 10.0. The Morgan fingerprint density at radius 1 is 1.24 bits per heavy atom. The van der Waals surface area contributed by atoms with E-state index in [1.165, 1.54) is 0 Å². The molecule has 2 aromatic carbocycles. The molecule has 0 spiro atoms. The summed E-state index contributed by atoms with van der Waals surface area (Å²) in [6.45, 7) is 2.02. The van der Waals surface area contributed by atoms with Gasteiger partial charge >= 0.3 is 0 Å². The highest BCUT2D eigenvalue weighted by Gasteiger charge is 2.18. The number of hydrogen-bond acceptors (Lipinski definition) is 3. The van der Waals surface area contributed by atoms with E-state index in [1.54, 1.807) is 37.3 Å². The van der Waals surface area contributed by atoms with Gasteiger partial charge in [-0.05, 0) is 58.2 Å². The van der Waals surface area contributed by atoms with Crippen LogP contribution in [0.4, 0.5) is 5.69 Å². The van der Waals surface area contributed by atoms with E-state index in [4.69, 9.17) is 17.3 Å². The number of benzene rings is 2. The second-order valence-corrected chi connectivity index (χ2v) is 7.48. The maximum Gasteiger partial charge on any atom is 0.262 e. The molecule has 21 heavy (non-hydrogen) atoms. The molecule has 0 aliphatic heterocycles. The summed E-state index contributed by atoms with van der Waals surface area (Å²) in [5.41, 5.74) is 7.36. The van der Waals surface area contributed by atoms with Crippen molar-refractivity contribution in [3.63, 3.8) is 0 Å². The van der Waals surface area contributed by atoms with Gasteiger partial charge < -0.3 is 5.73 Å². The Morgan fingerprint density at radius 3 is 2.62 bits per heavy atom. The largest absolute Gasteiger partial charge is 0.326 e. The number of hydrogen-bond donors (Lipinski definition) is 2. The molecule has 0 aromatic heterocycles. The average Bonchev–Trinajstić information content (AvgIpc) is 2.43. The predicted octanol–water partition coefficient (Wildman–Crippen LogP) is 3.67. The number of sulfonamides is 1. The van der Waals surface area contributed by atoms with Crippen molar-refractivity contribution < 1.29 is 8.42 Å². The van der Waals surface area contributed by atoms with E-state index in [2.05, 4.69) is 20.7 Å². The minimum Gasteiger partial charge on any atom is -0.326 e. The van der Waals surface area contributed by atoms with Crippen molar-refractivity contribution in [1.29, 1.82) is 0 Å². The molecule has 2 rings (SSSR count). The van der Waals surface area contributed by atoms with Gasteiger partial charge in [-0.2, -0.15) is 0 Å². The SMILES string of the molecule is Cc1ccc(CN)cc1S(=O)(=O)Nc1cc(Cl)ccc1Br. The van der Waals surface area contributed by atoms with Gasteiger partial charge in [-0.1, -0.05) is 23.7 Å². The lowest BCUT2D eigenvalue weighted by Gasteiger charge is -2.13. The van der Waals surface area contributed by atoms with E-state index in [9.17, 15) is 8.42 Å². The van der Waals surface area contributed by atoms with E-state index in [0.29, 0.717) is 20.7 Å². The predicted molar refractivity (Wildman–Crippen MR) is 89.0 cm³/mol. The number of rotatable bonds is 4. The van der Waals surface area contributed by atoms with Gasteiger partial charge in [-0.3, -0.25) is 4.72 Å². The summed E-state index contributed by atoms with van der Waals surface area (Å²) in [6.07, 6.45) is 0. The first-order valence-electron chi connectivity index (χ1n) is 6.11. The summed E-state index contributed by atoms with van der Waals surface area (Å²) in [5.74, 6) is 0. The first kappa shape index (κ1) is 16.3. The third-order valence-corrected chi connectivity index (χ3v) is 5.38. The zero-order chi connectivity index (χ0) is 15.6. The normalized spacial score (nSPS) is 11.4. The number of nitrogens with one attached hydrogen (secondary N) is 1. The van der Waals surface area contributed by atoms with Crippen molar-refractivity contribution in [2.75, 3.05) is 4.72 Å². The summed E-state index contributed by atoms with van der Waals surface area (Å²) in [5, 5.41) is 0.448. The molecule has 0 saturated carbocycles. The van der Waals surface area contributed by atoms with Crippen LogP contribution in [-0.2, 0) is 16.6 Å². The minimum atomic E-state index is -3.71. The van der Waals surface area contributed by atoms with Gasteiger partial charge in [0.05, 0.1) is 10.6 Å². The summed E-state index contributed by atoms with van der Waals surface area (Å²) < 4.78 is 28.2. The molecule has 0 aliphatic rings. The zero-order valence-corrected chi connectivity index (χ0v) is 14.4. The van der Waals surface area contributed by atoms with Gasteiger partial charge in [0.2, 0.25) is 0 Å². The molecule has 0 heterocycles. The van der Waals surface area contributed by atoms with Crippen LogP contribution in [-0.4, -0.2) is 8.42 Å². The zero-order valence-electron chi connectivity index (χ0n) is 11.2. The summed E-state index contributed by atoms with van der Waals surface area (Å²) in [7, 11) is -3.71. The monoisotopic (exact) mass is 388 g/mol. The standard InChI is InChI=1S/C14H14BrClN2O2S/c1-9-2-3-10(8-17)6-14(9)21(19,20)18-13-7-11(16)4-5-12(13)15/h2-7,18H,8,17H2,1H3. The second-order valence-electron chi connectivity index (χ2n) is 4.53. The van der Waals surface area contributed by atoms with Gasteiger partial charge in [-0.15, -0.1) is 0 Å². The molecule has 0 atom stereocenters. The number of nitrogens with two attached hydrogens (primary N) is 1. The molecule has 0 radical (unpaired) electrons. The molecule has 0 amide bonds. The lowest BCUT2D eigenvalue weighted by molar-refractivity contribution is 0.600. The molecule has 0 unspecified atom stereocenters. The molecular formula is C14H14BrClN2O2S. The number of anilines is 1. The Kier molecular flexibility index (Phi) is 4.93. The van der Waals surface area contributed by atoms with Crippen LogP contribution in [0.1, 0.15) is 11.1 Å². The molecule has 0 saturated heterocycles. The van der Waals surface area contributed by atoms with Crippen molar-refractivity contribution in [3.05, 3.63) is 57.0 Å². The third kappa shape index (κ3) is 3.77. The smallest absolute Gasteiger partial charge is 0.262 e. The first-order chi connectivity index (χ1) is 9.83. The van der Waals surface area contributed by atoms with Gasteiger partial charge in [0, 0.05) is 16.0 Å². The van der Waals surface area contributed by atoms with Crippen LogP contribution in [0, 0.1) is 6.92 Å². The molecule has 112 valence electrons. The molecule has 7 heteroatoms. The highest BCUT2D eigenvalue weighted by atomic mass is 79.9. The van der Waals surface area contributed by atoms with Gasteiger partial charge in [0.15, 0.2) is 0 Å². The van der Waals surface area contributed by atoms with Crippen LogP contribution in [0.15, 0.2) is 45.8 Å². The summed E-state index contributed by atoms with van der Waals surface area (Å²) in [4.78, 5) is 0.206. The van der Waals surface area contributed by atoms with Gasteiger partial charge in [0.1, 0.15) is 0 Å².